The van der Waals surface area contributed by atoms with Crippen LogP contribution in [0, 0.1) is 0 Å². The van der Waals surface area contributed by atoms with Crippen LogP contribution in [0.4, 0.5) is 24.8 Å². The Labute approximate surface area is 111 Å². The SMILES string of the molecule is NNc1ccc(C(F)(F)F)cc1C(=O)Nc1ncc[nH]1. The standard InChI is InChI=1S/C11H10F3N5O/c12-11(13,14)6-1-2-8(19-15)7(5-6)9(20)18-10-16-3-4-17-10/h1-5,19H,15H2,(H2,16,17,18,20). The quantitative estimate of drug-likeness (QED) is 0.512. The smallest absolute Gasteiger partial charge is 0.331 e. The monoisotopic (exact) mass is 285 g/mol. The number of nitrogens with two attached hydrogens (primary N) is 1. The second-order valence-electron chi connectivity index (χ2n) is 3.79. The zero-order valence-electron chi connectivity index (χ0n) is 9.95. The van der Waals surface area contributed by atoms with Gasteiger partial charge >= 0.3 is 6.18 Å². The van der Waals surface area contributed by atoms with Crippen LogP contribution in [0.1, 0.15) is 15.9 Å². The average Bonchev–Trinajstić information content (AvgIpc) is 2.89. The number of H-pyrrole nitrogens is 1. The lowest BCUT2D eigenvalue weighted by atomic mass is 10.1. The average molecular weight is 285 g/mol. The number of nitrogens with zero attached hydrogens (tertiary/aromatic N) is 1. The summed E-state index contributed by atoms with van der Waals surface area (Å²) >= 11 is 0. The van der Waals surface area contributed by atoms with Crippen molar-refractivity contribution in [2.24, 2.45) is 5.84 Å². The number of aromatic amines is 1. The maximum absolute atomic E-state index is 12.6. The van der Waals surface area contributed by atoms with Crippen molar-refractivity contribution in [1.29, 1.82) is 0 Å². The molecule has 0 atom stereocenters. The summed E-state index contributed by atoms with van der Waals surface area (Å²) < 4.78 is 37.9. The van der Waals surface area contributed by atoms with Gasteiger partial charge in [0.1, 0.15) is 0 Å². The fourth-order valence-electron chi connectivity index (χ4n) is 1.54. The summed E-state index contributed by atoms with van der Waals surface area (Å²) in [5.41, 5.74) is 1.07. The molecule has 0 bridgehead atoms. The van der Waals surface area contributed by atoms with Gasteiger partial charge in [0.15, 0.2) is 0 Å². The van der Waals surface area contributed by atoms with Crippen molar-refractivity contribution in [1.82, 2.24) is 9.97 Å². The number of rotatable bonds is 3. The number of aromatic nitrogens is 2. The number of anilines is 2. The molecule has 0 aliphatic rings. The molecule has 9 heteroatoms. The number of hydrogen-bond donors (Lipinski definition) is 4. The molecule has 0 saturated carbocycles. The van der Waals surface area contributed by atoms with Crippen molar-refractivity contribution >= 4 is 17.5 Å². The van der Waals surface area contributed by atoms with E-state index in [9.17, 15) is 18.0 Å². The van der Waals surface area contributed by atoms with Crippen molar-refractivity contribution in [3.05, 3.63) is 41.7 Å². The molecule has 0 aliphatic heterocycles. The van der Waals surface area contributed by atoms with Crippen molar-refractivity contribution in [2.75, 3.05) is 10.7 Å². The Balaban J connectivity index is 2.35. The first-order chi connectivity index (χ1) is 9.41. The van der Waals surface area contributed by atoms with Gasteiger partial charge in [0.25, 0.3) is 5.91 Å². The molecule has 0 fully saturated rings. The summed E-state index contributed by atoms with van der Waals surface area (Å²) in [5, 5.41) is 2.32. The molecule has 0 spiro atoms. The van der Waals surface area contributed by atoms with Crippen LogP contribution in [-0.4, -0.2) is 15.9 Å². The second-order valence-corrected chi connectivity index (χ2v) is 3.79. The maximum atomic E-state index is 12.6. The normalized spacial score (nSPS) is 11.2. The third kappa shape index (κ3) is 2.88. The highest BCUT2D eigenvalue weighted by Gasteiger charge is 2.31. The molecule has 0 radical (unpaired) electrons. The predicted molar refractivity (Wildman–Crippen MR) is 65.8 cm³/mol. The van der Waals surface area contributed by atoms with Gasteiger partial charge in [0.05, 0.1) is 16.8 Å². The van der Waals surface area contributed by atoms with Gasteiger partial charge in [-0.05, 0) is 18.2 Å². The van der Waals surface area contributed by atoms with E-state index in [1.807, 2.05) is 0 Å². The highest BCUT2D eigenvalue weighted by Crippen LogP contribution is 2.31. The number of carbonyl (C=O) groups excluding carboxylic acids is 1. The molecule has 1 aromatic heterocycles. The molecular weight excluding hydrogens is 275 g/mol. The third-order valence-electron chi connectivity index (χ3n) is 2.48. The van der Waals surface area contributed by atoms with Crippen molar-refractivity contribution in [2.45, 2.75) is 6.18 Å². The van der Waals surface area contributed by atoms with Crippen LogP contribution in [0.15, 0.2) is 30.6 Å². The Morgan fingerprint density at radius 2 is 2.10 bits per heavy atom. The lowest BCUT2D eigenvalue weighted by molar-refractivity contribution is -0.137. The molecule has 0 saturated heterocycles. The first kappa shape index (κ1) is 13.9. The van der Waals surface area contributed by atoms with Gasteiger partial charge in [-0.2, -0.15) is 13.2 Å². The van der Waals surface area contributed by atoms with Gasteiger partial charge in [0.2, 0.25) is 5.95 Å². The molecule has 106 valence electrons. The second kappa shape index (κ2) is 5.21. The zero-order chi connectivity index (χ0) is 14.8. The first-order valence-electron chi connectivity index (χ1n) is 5.40. The highest BCUT2D eigenvalue weighted by atomic mass is 19.4. The van der Waals surface area contributed by atoms with E-state index in [1.165, 1.54) is 12.4 Å². The van der Waals surface area contributed by atoms with Gasteiger partial charge in [0, 0.05) is 12.4 Å². The molecule has 0 aliphatic carbocycles. The largest absolute Gasteiger partial charge is 0.416 e. The number of nitrogen functional groups attached to an aromatic ring is 1. The zero-order valence-corrected chi connectivity index (χ0v) is 9.95. The summed E-state index contributed by atoms with van der Waals surface area (Å²) in [7, 11) is 0. The summed E-state index contributed by atoms with van der Waals surface area (Å²) in [6.07, 6.45) is -1.69. The minimum Gasteiger partial charge on any atom is -0.331 e. The molecule has 2 rings (SSSR count). The summed E-state index contributed by atoms with van der Waals surface area (Å²) in [4.78, 5) is 18.3. The number of benzene rings is 1. The van der Waals surface area contributed by atoms with Gasteiger partial charge in [-0.3, -0.25) is 16.0 Å². The van der Waals surface area contributed by atoms with Crippen LogP contribution in [0.2, 0.25) is 0 Å². The topological polar surface area (TPSA) is 95.8 Å². The molecule has 1 heterocycles. The van der Waals surface area contributed by atoms with Gasteiger partial charge in [-0.15, -0.1) is 0 Å². The Kier molecular flexibility index (Phi) is 3.61. The molecule has 2 aromatic rings. The number of nitrogens with one attached hydrogen (secondary N) is 3. The van der Waals surface area contributed by atoms with Crippen LogP contribution in [-0.2, 0) is 6.18 Å². The summed E-state index contributed by atoms with van der Waals surface area (Å²) in [6.45, 7) is 0. The van der Waals surface area contributed by atoms with Crippen LogP contribution >= 0.6 is 0 Å². The fraction of sp³-hybridized carbons (Fsp3) is 0.0909. The maximum Gasteiger partial charge on any atom is 0.416 e. The van der Waals surface area contributed by atoms with Gasteiger partial charge < -0.3 is 10.4 Å². The Morgan fingerprint density at radius 3 is 2.65 bits per heavy atom. The van der Waals surface area contributed by atoms with E-state index in [2.05, 4.69) is 20.7 Å². The number of amides is 1. The molecule has 0 unspecified atom stereocenters. The van der Waals surface area contributed by atoms with E-state index in [0.29, 0.717) is 6.07 Å². The van der Waals surface area contributed by atoms with E-state index >= 15 is 0 Å². The minimum absolute atomic E-state index is 0.0713. The van der Waals surface area contributed by atoms with Gasteiger partial charge in [-0.25, -0.2) is 4.98 Å². The van der Waals surface area contributed by atoms with E-state index in [1.54, 1.807) is 0 Å². The Hall–Kier alpha value is -2.55. The lowest BCUT2D eigenvalue weighted by Crippen LogP contribution is -2.19. The van der Waals surface area contributed by atoms with Crippen LogP contribution in [0.3, 0.4) is 0 Å². The molecule has 1 amide bonds. The Bertz CT molecular complexity index is 609. The summed E-state index contributed by atoms with van der Waals surface area (Å²) in [6, 6.07) is 2.63. The van der Waals surface area contributed by atoms with Crippen molar-refractivity contribution in [3.8, 4) is 0 Å². The minimum atomic E-state index is -4.55. The molecule has 6 nitrogen and oxygen atoms in total. The molecule has 1 aromatic carbocycles. The molecular formula is C11H10F3N5O. The number of carbonyl (C=O) groups is 1. The van der Waals surface area contributed by atoms with Gasteiger partial charge in [-0.1, -0.05) is 0 Å². The Morgan fingerprint density at radius 1 is 1.35 bits per heavy atom. The van der Waals surface area contributed by atoms with E-state index < -0.39 is 17.6 Å². The molecule has 5 N–H and O–H groups in total. The van der Waals surface area contributed by atoms with E-state index in [0.717, 1.165) is 12.1 Å². The first-order valence-corrected chi connectivity index (χ1v) is 5.40. The van der Waals surface area contributed by atoms with Crippen LogP contribution < -0.4 is 16.6 Å². The molecule has 20 heavy (non-hydrogen) atoms. The van der Waals surface area contributed by atoms with Crippen LogP contribution in [0.25, 0.3) is 0 Å². The van der Waals surface area contributed by atoms with Crippen molar-refractivity contribution < 1.29 is 18.0 Å². The van der Waals surface area contributed by atoms with E-state index in [-0.39, 0.29) is 17.2 Å². The fourth-order valence-corrected chi connectivity index (χ4v) is 1.54. The van der Waals surface area contributed by atoms with Crippen LogP contribution in [0.5, 0.6) is 0 Å². The number of hydrazine groups is 1. The third-order valence-corrected chi connectivity index (χ3v) is 2.48. The number of imidazole rings is 1. The van der Waals surface area contributed by atoms with Crippen molar-refractivity contribution in [3.63, 3.8) is 0 Å². The van der Waals surface area contributed by atoms with E-state index in [4.69, 9.17) is 5.84 Å². The summed E-state index contributed by atoms with van der Waals surface area (Å²) in [5.74, 6) is 4.54. The number of hydrogen-bond acceptors (Lipinski definition) is 4. The number of alkyl halides is 3. The number of halogens is 3. The highest BCUT2D eigenvalue weighted by molar-refractivity contribution is 6.07. The predicted octanol–water partition coefficient (Wildman–Crippen LogP) is 1.97. The lowest BCUT2D eigenvalue weighted by Gasteiger charge is -2.12.